The summed E-state index contributed by atoms with van der Waals surface area (Å²) in [6.07, 6.45) is 1.61. The number of amides is 1. The van der Waals surface area contributed by atoms with E-state index < -0.39 is 0 Å². The summed E-state index contributed by atoms with van der Waals surface area (Å²) < 4.78 is 6.55. The van der Waals surface area contributed by atoms with Crippen LogP contribution in [0.5, 0.6) is 5.88 Å². The van der Waals surface area contributed by atoms with E-state index in [0.29, 0.717) is 16.6 Å². The molecule has 0 aliphatic carbocycles. The van der Waals surface area contributed by atoms with Crippen molar-refractivity contribution < 1.29 is 9.53 Å². The number of ether oxygens (including phenoxy) is 1. The van der Waals surface area contributed by atoms with Crippen LogP contribution in [0.4, 0.5) is 5.13 Å². The molecule has 2 rings (SSSR count). The molecule has 1 amide bonds. The van der Waals surface area contributed by atoms with Crippen LogP contribution in [0.15, 0.2) is 11.6 Å². The summed E-state index contributed by atoms with van der Waals surface area (Å²) >= 11 is 1.38. The van der Waals surface area contributed by atoms with Gasteiger partial charge in [-0.25, -0.2) is 4.98 Å². The van der Waals surface area contributed by atoms with E-state index in [4.69, 9.17) is 4.74 Å². The van der Waals surface area contributed by atoms with E-state index in [1.54, 1.807) is 13.2 Å². The molecule has 0 fully saturated rings. The van der Waals surface area contributed by atoms with E-state index in [0.717, 1.165) is 5.69 Å². The molecule has 0 aromatic carbocycles. The van der Waals surface area contributed by atoms with Gasteiger partial charge in [0.15, 0.2) is 5.13 Å². The van der Waals surface area contributed by atoms with Crippen LogP contribution in [0.3, 0.4) is 0 Å². The highest BCUT2D eigenvalue weighted by Crippen LogP contribution is 2.19. The van der Waals surface area contributed by atoms with Crippen LogP contribution in [-0.2, 0) is 7.05 Å². The van der Waals surface area contributed by atoms with Crippen molar-refractivity contribution >= 4 is 22.4 Å². The highest BCUT2D eigenvalue weighted by molar-refractivity contribution is 7.13. The molecule has 2 aromatic heterocycles. The number of nitrogens with one attached hydrogen (secondary N) is 1. The van der Waals surface area contributed by atoms with E-state index in [1.807, 2.05) is 12.3 Å². The van der Waals surface area contributed by atoms with Gasteiger partial charge < -0.3 is 4.74 Å². The molecular formula is C10H12N4O2S. The quantitative estimate of drug-likeness (QED) is 0.897. The molecule has 0 saturated carbocycles. The van der Waals surface area contributed by atoms with Crippen LogP contribution in [0.25, 0.3) is 0 Å². The molecule has 0 aliphatic rings. The van der Waals surface area contributed by atoms with Crippen molar-refractivity contribution in [1.82, 2.24) is 14.8 Å². The van der Waals surface area contributed by atoms with Crippen LogP contribution in [0.2, 0.25) is 0 Å². The Bertz CT molecular complexity index is 546. The van der Waals surface area contributed by atoms with E-state index in [2.05, 4.69) is 15.4 Å². The Labute approximate surface area is 102 Å². The number of thiazole rings is 1. The van der Waals surface area contributed by atoms with Gasteiger partial charge in [0.05, 0.1) is 12.8 Å². The summed E-state index contributed by atoms with van der Waals surface area (Å²) in [5.41, 5.74) is 1.27. The highest BCUT2D eigenvalue weighted by atomic mass is 32.1. The molecule has 0 radical (unpaired) electrons. The van der Waals surface area contributed by atoms with Crippen LogP contribution >= 0.6 is 11.3 Å². The van der Waals surface area contributed by atoms with Gasteiger partial charge in [0, 0.05) is 18.6 Å². The summed E-state index contributed by atoms with van der Waals surface area (Å²) in [6, 6.07) is 0. The minimum absolute atomic E-state index is 0.274. The lowest BCUT2D eigenvalue weighted by Gasteiger charge is -2.00. The Morgan fingerprint density at radius 3 is 2.94 bits per heavy atom. The largest absolute Gasteiger partial charge is 0.479 e. The number of aromatic nitrogens is 3. The Morgan fingerprint density at radius 2 is 2.35 bits per heavy atom. The number of carbonyl (C=O) groups is 1. The van der Waals surface area contributed by atoms with Gasteiger partial charge in [0.2, 0.25) is 5.88 Å². The summed E-state index contributed by atoms with van der Waals surface area (Å²) in [7, 11) is 3.21. The maximum absolute atomic E-state index is 11.9. The Morgan fingerprint density at radius 1 is 1.59 bits per heavy atom. The number of hydrogen-bond donors (Lipinski definition) is 1. The van der Waals surface area contributed by atoms with Crippen LogP contribution < -0.4 is 10.1 Å². The molecule has 0 aliphatic heterocycles. The van der Waals surface area contributed by atoms with Crippen molar-refractivity contribution in [2.75, 3.05) is 12.4 Å². The molecule has 7 heteroatoms. The summed E-state index contributed by atoms with van der Waals surface area (Å²) in [5.74, 6) is 0.0302. The SMILES string of the molecule is COc1nn(C)cc1C(=O)Nc1nc(C)cs1. The fourth-order valence-corrected chi connectivity index (χ4v) is 2.03. The van der Waals surface area contributed by atoms with Crippen molar-refractivity contribution in [2.45, 2.75) is 6.92 Å². The second kappa shape index (κ2) is 4.54. The predicted molar refractivity (Wildman–Crippen MR) is 64.6 cm³/mol. The zero-order valence-corrected chi connectivity index (χ0v) is 10.5. The minimum Gasteiger partial charge on any atom is -0.479 e. The fourth-order valence-electron chi connectivity index (χ4n) is 1.35. The van der Waals surface area contributed by atoms with Gasteiger partial charge in [-0.3, -0.25) is 14.8 Å². The maximum Gasteiger partial charge on any atom is 0.264 e. The van der Waals surface area contributed by atoms with Crippen molar-refractivity contribution in [3.05, 3.63) is 22.8 Å². The van der Waals surface area contributed by atoms with Crippen molar-refractivity contribution in [1.29, 1.82) is 0 Å². The molecule has 0 unspecified atom stereocenters. The smallest absolute Gasteiger partial charge is 0.264 e. The Kier molecular flexibility index (Phi) is 3.10. The van der Waals surface area contributed by atoms with Gasteiger partial charge in [-0.15, -0.1) is 16.4 Å². The third kappa shape index (κ3) is 2.44. The molecule has 0 spiro atoms. The van der Waals surface area contributed by atoms with E-state index >= 15 is 0 Å². The second-order valence-electron chi connectivity index (χ2n) is 3.47. The first-order valence-corrected chi connectivity index (χ1v) is 5.79. The number of methoxy groups -OCH3 is 1. The summed E-state index contributed by atoms with van der Waals surface area (Å²) in [6.45, 7) is 1.87. The maximum atomic E-state index is 11.9. The fraction of sp³-hybridized carbons (Fsp3) is 0.300. The van der Waals surface area contributed by atoms with E-state index in [-0.39, 0.29) is 5.91 Å². The van der Waals surface area contributed by atoms with E-state index in [9.17, 15) is 4.79 Å². The first kappa shape index (κ1) is 11.6. The molecular weight excluding hydrogens is 240 g/mol. The van der Waals surface area contributed by atoms with Crippen molar-refractivity contribution in [3.63, 3.8) is 0 Å². The number of aryl methyl sites for hydroxylation is 2. The van der Waals surface area contributed by atoms with Gasteiger partial charge in [-0.1, -0.05) is 0 Å². The Balaban J connectivity index is 2.19. The average Bonchev–Trinajstić information content (AvgIpc) is 2.84. The lowest BCUT2D eigenvalue weighted by molar-refractivity contribution is 0.102. The second-order valence-corrected chi connectivity index (χ2v) is 4.33. The van der Waals surface area contributed by atoms with Crippen LogP contribution in [0, 0.1) is 6.92 Å². The molecule has 0 atom stereocenters. The Hall–Kier alpha value is -1.89. The zero-order chi connectivity index (χ0) is 12.4. The standard InChI is InChI=1S/C10H12N4O2S/c1-6-5-17-10(11-6)12-8(15)7-4-14(2)13-9(7)16-3/h4-5H,1-3H3,(H,11,12,15). The molecule has 1 N–H and O–H groups in total. The molecule has 2 heterocycles. The van der Waals surface area contributed by atoms with Gasteiger partial charge in [-0.2, -0.15) is 0 Å². The monoisotopic (exact) mass is 252 g/mol. The molecule has 2 aromatic rings. The summed E-state index contributed by atoms with van der Waals surface area (Å²) in [5, 5.41) is 9.15. The average molecular weight is 252 g/mol. The summed E-state index contributed by atoms with van der Waals surface area (Å²) in [4.78, 5) is 16.1. The number of hydrogen-bond acceptors (Lipinski definition) is 5. The highest BCUT2D eigenvalue weighted by Gasteiger charge is 2.17. The first-order valence-electron chi connectivity index (χ1n) is 4.91. The molecule has 0 saturated heterocycles. The lowest BCUT2D eigenvalue weighted by atomic mass is 10.3. The number of rotatable bonds is 3. The number of anilines is 1. The van der Waals surface area contributed by atoms with E-state index in [1.165, 1.54) is 23.1 Å². The molecule has 6 nitrogen and oxygen atoms in total. The molecule has 17 heavy (non-hydrogen) atoms. The third-order valence-electron chi connectivity index (χ3n) is 2.07. The minimum atomic E-state index is -0.274. The first-order chi connectivity index (χ1) is 8.10. The van der Waals surface area contributed by atoms with Gasteiger partial charge in [-0.05, 0) is 6.92 Å². The topological polar surface area (TPSA) is 69.0 Å². The third-order valence-corrected chi connectivity index (χ3v) is 2.95. The normalized spacial score (nSPS) is 10.3. The van der Waals surface area contributed by atoms with Gasteiger partial charge >= 0.3 is 0 Å². The van der Waals surface area contributed by atoms with Gasteiger partial charge in [0.25, 0.3) is 5.91 Å². The number of carbonyl (C=O) groups excluding carboxylic acids is 1. The van der Waals surface area contributed by atoms with Gasteiger partial charge in [0.1, 0.15) is 5.56 Å². The van der Waals surface area contributed by atoms with Crippen molar-refractivity contribution in [3.8, 4) is 5.88 Å². The molecule has 90 valence electrons. The molecule has 0 bridgehead atoms. The zero-order valence-electron chi connectivity index (χ0n) is 9.72. The lowest BCUT2D eigenvalue weighted by Crippen LogP contribution is -2.12. The van der Waals surface area contributed by atoms with Crippen LogP contribution in [0.1, 0.15) is 16.1 Å². The van der Waals surface area contributed by atoms with Crippen molar-refractivity contribution in [2.24, 2.45) is 7.05 Å². The predicted octanol–water partition coefficient (Wildman–Crippen LogP) is 1.45. The van der Waals surface area contributed by atoms with Crippen LogP contribution in [-0.4, -0.2) is 27.8 Å². The number of nitrogens with zero attached hydrogens (tertiary/aromatic N) is 3.